The maximum absolute atomic E-state index is 12.7. The second-order valence-corrected chi connectivity index (χ2v) is 6.57. The fourth-order valence-electron chi connectivity index (χ4n) is 3.47. The lowest BCUT2D eigenvalue weighted by Crippen LogP contribution is -2.34. The molecule has 1 aliphatic rings. The van der Waals surface area contributed by atoms with E-state index in [9.17, 15) is 4.79 Å². The number of rotatable bonds is 4. The van der Waals surface area contributed by atoms with Gasteiger partial charge in [0.2, 0.25) is 5.91 Å². The molecule has 4 rings (SSSR count). The third-order valence-electron chi connectivity index (χ3n) is 4.82. The Morgan fingerprint density at radius 2 is 2.20 bits per heavy atom. The number of aryl methyl sites for hydroxylation is 1. The molecule has 3 heterocycles. The van der Waals surface area contributed by atoms with Crippen molar-refractivity contribution in [2.45, 2.75) is 12.5 Å². The van der Waals surface area contributed by atoms with Crippen molar-refractivity contribution in [3.05, 3.63) is 60.0 Å². The summed E-state index contributed by atoms with van der Waals surface area (Å²) < 4.78 is 1.78. The van der Waals surface area contributed by atoms with Gasteiger partial charge in [0.25, 0.3) is 0 Å². The average molecular weight is 335 g/mol. The maximum Gasteiger partial charge on any atom is 0.225 e. The second kappa shape index (κ2) is 6.64. The molecule has 3 aromatic rings. The first-order valence-electron chi connectivity index (χ1n) is 8.51. The highest BCUT2D eigenvalue weighted by Crippen LogP contribution is 2.28. The van der Waals surface area contributed by atoms with Crippen molar-refractivity contribution in [2.24, 2.45) is 13.0 Å². The Balaban J connectivity index is 1.43. The molecule has 0 radical (unpaired) electrons. The van der Waals surface area contributed by atoms with Gasteiger partial charge in [0.05, 0.1) is 17.6 Å². The number of nitrogens with zero attached hydrogens (tertiary/aromatic N) is 3. The zero-order valence-corrected chi connectivity index (χ0v) is 14.1. The number of aromatic nitrogens is 3. The summed E-state index contributed by atoms with van der Waals surface area (Å²) in [6.45, 7) is 2.00. The number of hydrogen-bond acceptors (Lipinski definition) is 4. The summed E-state index contributed by atoms with van der Waals surface area (Å²) in [5.41, 5.74) is 3.09. The number of nitrogens with one attached hydrogen (secondary N) is 2. The molecular formula is C19H21N5O. The molecule has 1 amide bonds. The molecule has 2 aromatic heterocycles. The zero-order valence-electron chi connectivity index (χ0n) is 14.1. The first kappa shape index (κ1) is 15.8. The molecule has 0 spiro atoms. The molecule has 0 bridgehead atoms. The SMILES string of the molecule is Cn1cc([C@H]2CNC[C@@H]2C(=O)NCc2cnc3ccccc3c2)cn1. The highest BCUT2D eigenvalue weighted by molar-refractivity contribution is 5.81. The largest absolute Gasteiger partial charge is 0.352 e. The average Bonchev–Trinajstić information content (AvgIpc) is 3.28. The van der Waals surface area contributed by atoms with Crippen molar-refractivity contribution in [2.75, 3.05) is 13.1 Å². The van der Waals surface area contributed by atoms with Crippen LogP contribution in [0.15, 0.2) is 48.9 Å². The molecule has 1 fully saturated rings. The summed E-state index contributed by atoms with van der Waals surface area (Å²) >= 11 is 0. The number of benzene rings is 1. The number of carbonyl (C=O) groups is 1. The topological polar surface area (TPSA) is 71.8 Å². The highest BCUT2D eigenvalue weighted by atomic mass is 16.1. The van der Waals surface area contributed by atoms with Crippen LogP contribution in [0.25, 0.3) is 10.9 Å². The van der Waals surface area contributed by atoms with Crippen molar-refractivity contribution in [1.82, 2.24) is 25.4 Å². The minimum Gasteiger partial charge on any atom is -0.352 e. The van der Waals surface area contributed by atoms with E-state index in [1.807, 2.05) is 49.9 Å². The van der Waals surface area contributed by atoms with Crippen molar-refractivity contribution >= 4 is 16.8 Å². The molecular weight excluding hydrogens is 314 g/mol. The second-order valence-electron chi connectivity index (χ2n) is 6.57. The van der Waals surface area contributed by atoms with Gasteiger partial charge in [0, 0.05) is 50.4 Å². The Bertz CT molecular complexity index is 903. The van der Waals surface area contributed by atoms with Gasteiger partial charge in [-0.3, -0.25) is 14.5 Å². The Kier molecular flexibility index (Phi) is 4.19. The molecule has 25 heavy (non-hydrogen) atoms. The molecule has 128 valence electrons. The molecule has 2 N–H and O–H groups in total. The number of para-hydroxylation sites is 1. The molecule has 6 nitrogen and oxygen atoms in total. The first-order valence-corrected chi connectivity index (χ1v) is 8.51. The van der Waals surface area contributed by atoms with Gasteiger partial charge in [-0.05, 0) is 23.3 Å². The lowest BCUT2D eigenvalue weighted by molar-refractivity contribution is -0.125. The monoisotopic (exact) mass is 335 g/mol. The van der Waals surface area contributed by atoms with E-state index in [4.69, 9.17) is 0 Å². The summed E-state index contributed by atoms with van der Waals surface area (Å²) in [6.07, 6.45) is 5.67. The molecule has 1 aliphatic heterocycles. The van der Waals surface area contributed by atoms with E-state index >= 15 is 0 Å². The molecule has 6 heteroatoms. The van der Waals surface area contributed by atoms with Crippen LogP contribution >= 0.6 is 0 Å². The Hall–Kier alpha value is -2.73. The molecule has 0 unspecified atom stereocenters. The smallest absolute Gasteiger partial charge is 0.225 e. The van der Waals surface area contributed by atoms with Crippen LogP contribution in [-0.2, 0) is 18.4 Å². The Labute approximate surface area is 146 Å². The summed E-state index contributed by atoms with van der Waals surface area (Å²) in [5.74, 6) is 0.174. The van der Waals surface area contributed by atoms with Crippen molar-refractivity contribution in [3.63, 3.8) is 0 Å². The standard InChI is InChI=1S/C19H21N5O/c1-24-12-15(9-23-24)16-10-20-11-17(16)19(25)22-8-13-6-14-4-2-3-5-18(14)21-7-13/h2-7,9,12,16-17,20H,8,10-11H2,1H3,(H,22,25)/t16-,17+/m1/s1. The van der Waals surface area contributed by atoms with Gasteiger partial charge in [-0.25, -0.2) is 0 Å². The van der Waals surface area contributed by atoms with E-state index in [1.54, 1.807) is 4.68 Å². The molecule has 0 aliphatic carbocycles. The maximum atomic E-state index is 12.7. The number of carbonyl (C=O) groups excluding carboxylic acids is 1. The summed E-state index contributed by atoms with van der Waals surface area (Å²) in [7, 11) is 1.90. The van der Waals surface area contributed by atoms with Crippen LogP contribution in [-0.4, -0.2) is 33.8 Å². The van der Waals surface area contributed by atoms with E-state index in [1.165, 1.54) is 0 Å². The van der Waals surface area contributed by atoms with Gasteiger partial charge in [0.15, 0.2) is 0 Å². The molecule has 2 atom stereocenters. The van der Waals surface area contributed by atoms with Gasteiger partial charge in [-0.1, -0.05) is 18.2 Å². The lowest BCUT2D eigenvalue weighted by atomic mass is 9.90. The van der Waals surface area contributed by atoms with Crippen LogP contribution in [0.3, 0.4) is 0 Å². The summed E-state index contributed by atoms with van der Waals surface area (Å²) in [5, 5.41) is 11.7. The summed E-state index contributed by atoms with van der Waals surface area (Å²) in [4.78, 5) is 17.1. The fraction of sp³-hybridized carbons (Fsp3) is 0.316. The van der Waals surface area contributed by atoms with Gasteiger partial charge < -0.3 is 10.6 Å². The van der Waals surface area contributed by atoms with Crippen molar-refractivity contribution < 1.29 is 4.79 Å². The minimum absolute atomic E-state index is 0.0717. The third-order valence-corrected chi connectivity index (χ3v) is 4.82. The number of amides is 1. The third kappa shape index (κ3) is 3.25. The summed E-state index contributed by atoms with van der Waals surface area (Å²) in [6, 6.07) is 10.1. The number of fused-ring (bicyclic) bond motifs is 1. The molecule has 1 aromatic carbocycles. The van der Waals surface area contributed by atoms with Gasteiger partial charge in [-0.15, -0.1) is 0 Å². The van der Waals surface area contributed by atoms with Crippen LogP contribution in [0.2, 0.25) is 0 Å². The van der Waals surface area contributed by atoms with E-state index in [0.29, 0.717) is 13.1 Å². The fourth-order valence-corrected chi connectivity index (χ4v) is 3.47. The molecule has 0 saturated carbocycles. The zero-order chi connectivity index (χ0) is 17.2. The van der Waals surface area contributed by atoms with E-state index in [2.05, 4.69) is 26.8 Å². The first-order chi connectivity index (χ1) is 12.2. The predicted octanol–water partition coefficient (Wildman–Crippen LogP) is 1.59. The van der Waals surface area contributed by atoms with Gasteiger partial charge in [0.1, 0.15) is 0 Å². The van der Waals surface area contributed by atoms with Crippen LogP contribution in [0.1, 0.15) is 17.0 Å². The lowest BCUT2D eigenvalue weighted by Gasteiger charge is -2.17. The van der Waals surface area contributed by atoms with E-state index < -0.39 is 0 Å². The Morgan fingerprint density at radius 1 is 1.32 bits per heavy atom. The normalized spacial score (nSPS) is 20.0. The van der Waals surface area contributed by atoms with Crippen LogP contribution in [0, 0.1) is 5.92 Å². The van der Waals surface area contributed by atoms with Crippen molar-refractivity contribution in [1.29, 1.82) is 0 Å². The van der Waals surface area contributed by atoms with Crippen LogP contribution in [0.4, 0.5) is 0 Å². The molecule has 1 saturated heterocycles. The van der Waals surface area contributed by atoms with E-state index in [-0.39, 0.29) is 17.7 Å². The number of pyridine rings is 1. The minimum atomic E-state index is -0.0717. The van der Waals surface area contributed by atoms with Gasteiger partial charge in [-0.2, -0.15) is 5.10 Å². The van der Waals surface area contributed by atoms with E-state index in [0.717, 1.165) is 28.6 Å². The Morgan fingerprint density at radius 3 is 3.04 bits per heavy atom. The van der Waals surface area contributed by atoms with Crippen LogP contribution < -0.4 is 10.6 Å². The van der Waals surface area contributed by atoms with Crippen LogP contribution in [0.5, 0.6) is 0 Å². The van der Waals surface area contributed by atoms with Gasteiger partial charge >= 0.3 is 0 Å². The number of hydrogen-bond donors (Lipinski definition) is 2. The highest BCUT2D eigenvalue weighted by Gasteiger charge is 2.34. The predicted molar refractivity (Wildman–Crippen MR) is 95.9 cm³/mol. The quantitative estimate of drug-likeness (QED) is 0.759. The van der Waals surface area contributed by atoms with Crippen molar-refractivity contribution in [3.8, 4) is 0 Å².